The zero-order chi connectivity index (χ0) is 13.7. The molecule has 1 saturated carbocycles. The maximum absolute atomic E-state index is 13.4. The van der Waals surface area contributed by atoms with Gasteiger partial charge in [0.25, 0.3) is 0 Å². The van der Waals surface area contributed by atoms with Gasteiger partial charge >= 0.3 is 0 Å². The van der Waals surface area contributed by atoms with Crippen molar-refractivity contribution in [2.24, 2.45) is 0 Å². The van der Waals surface area contributed by atoms with Crippen LogP contribution >= 0.6 is 11.8 Å². The van der Waals surface area contributed by atoms with E-state index >= 15 is 0 Å². The highest BCUT2D eigenvalue weighted by Crippen LogP contribution is 2.28. The van der Waals surface area contributed by atoms with E-state index in [9.17, 15) is 13.6 Å². The van der Waals surface area contributed by atoms with Crippen LogP contribution in [0.5, 0.6) is 0 Å². The Kier molecular flexibility index (Phi) is 5.37. The lowest BCUT2D eigenvalue weighted by atomic mass is 10.0. The van der Waals surface area contributed by atoms with Gasteiger partial charge in [-0.1, -0.05) is 31.4 Å². The van der Waals surface area contributed by atoms with Crippen LogP contribution in [0.1, 0.15) is 37.7 Å². The van der Waals surface area contributed by atoms with Gasteiger partial charge < -0.3 is 0 Å². The number of halogens is 2. The first-order valence-electron chi connectivity index (χ1n) is 6.73. The molecule has 0 N–H and O–H groups in total. The van der Waals surface area contributed by atoms with Gasteiger partial charge in [-0.2, -0.15) is 11.8 Å². The predicted octanol–water partition coefficient (Wildman–Crippen LogP) is 4.14. The highest BCUT2D eigenvalue weighted by molar-refractivity contribution is 8.00. The first-order valence-corrected chi connectivity index (χ1v) is 7.78. The van der Waals surface area contributed by atoms with Gasteiger partial charge in [0, 0.05) is 11.7 Å². The molecular formula is C15H18F2OS. The molecule has 19 heavy (non-hydrogen) atoms. The van der Waals surface area contributed by atoms with Crippen molar-refractivity contribution in [3.05, 3.63) is 35.4 Å². The van der Waals surface area contributed by atoms with E-state index in [4.69, 9.17) is 0 Å². The van der Waals surface area contributed by atoms with Crippen LogP contribution in [0.4, 0.5) is 8.78 Å². The maximum atomic E-state index is 13.4. The molecule has 1 fully saturated rings. The summed E-state index contributed by atoms with van der Waals surface area (Å²) in [7, 11) is 0. The molecule has 0 atom stereocenters. The van der Waals surface area contributed by atoms with Crippen LogP contribution in [0.2, 0.25) is 0 Å². The lowest BCUT2D eigenvalue weighted by Crippen LogP contribution is -2.14. The molecule has 1 aromatic carbocycles. The number of rotatable bonds is 5. The molecule has 1 nitrogen and oxygen atoms in total. The molecule has 0 bridgehead atoms. The van der Waals surface area contributed by atoms with Crippen molar-refractivity contribution in [2.75, 3.05) is 5.75 Å². The minimum absolute atomic E-state index is 0.0106. The molecule has 0 heterocycles. The molecule has 2 rings (SSSR count). The van der Waals surface area contributed by atoms with Gasteiger partial charge in [-0.25, -0.2) is 8.78 Å². The molecule has 0 aliphatic heterocycles. The fraction of sp³-hybridized carbons (Fsp3) is 0.533. The number of Topliss-reactive ketones (excluding diaryl/α,β-unsaturated/α-hetero) is 1. The largest absolute Gasteiger partial charge is 0.298 e. The number of carbonyl (C=O) groups is 1. The average Bonchev–Trinajstić information content (AvgIpc) is 2.43. The van der Waals surface area contributed by atoms with E-state index < -0.39 is 11.6 Å². The second-order valence-corrected chi connectivity index (χ2v) is 6.29. The summed E-state index contributed by atoms with van der Waals surface area (Å²) in [5.41, 5.74) is 0.161. The lowest BCUT2D eigenvalue weighted by Gasteiger charge is -2.20. The normalized spacial score (nSPS) is 16.5. The Morgan fingerprint density at radius 1 is 1.21 bits per heavy atom. The van der Waals surface area contributed by atoms with Crippen molar-refractivity contribution < 1.29 is 13.6 Å². The van der Waals surface area contributed by atoms with Crippen LogP contribution in [0.15, 0.2) is 18.2 Å². The molecule has 0 radical (unpaired) electrons. The second kappa shape index (κ2) is 7.04. The van der Waals surface area contributed by atoms with Gasteiger partial charge in [-0.15, -0.1) is 0 Å². The number of hydrogen-bond acceptors (Lipinski definition) is 2. The van der Waals surface area contributed by atoms with E-state index in [2.05, 4.69) is 0 Å². The molecule has 104 valence electrons. The number of benzene rings is 1. The smallest absolute Gasteiger partial charge is 0.162 e. The summed E-state index contributed by atoms with van der Waals surface area (Å²) in [6, 6.07) is 3.98. The lowest BCUT2D eigenvalue weighted by molar-refractivity contribution is -0.116. The predicted molar refractivity (Wildman–Crippen MR) is 74.4 cm³/mol. The second-order valence-electron chi connectivity index (χ2n) is 5.00. The summed E-state index contributed by atoms with van der Waals surface area (Å²) < 4.78 is 26.4. The summed E-state index contributed by atoms with van der Waals surface area (Å²) in [4.78, 5) is 11.8. The van der Waals surface area contributed by atoms with Crippen LogP contribution < -0.4 is 0 Å². The Hall–Kier alpha value is -0.900. The molecule has 0 saturated heterocycles. The SMILES string of the molecule is O=C(CSC1CCCCC1)Cc1cccc(F)c1F. The van der Waals surface area contributed by atoms with Gasteiger partial charge in [-0.05, 0) is 24.5 Å². The third kappa shape index (κ3) is 4.30. The monoisotopic (exact) mass is 284 g/mol. The van der Waals surface area contributed by atoms with E-state index in [0.717, 1.165) is 6.07 Å². The molecule has 1 aliphatic carbocycles. The van der Waals surface area contributed by atoms with E-state index in [1.54, 1.807) is 11.8 Å². The summed E-state index contributed by atoms with van der Waals surface area (Å²) in [5, 5.41) is 0.565. The Labute approximate surface area is 116 Å². The van der Waals surface area contributed by atoms with Gasteiger partial charge in [0.15, 0.2) is 11.6 Å². The van der Waals surface area contributed by atoms with Crippen molar-refractivity contribution in [2.45, 2.75) is 43.8 Å². The van der Waals surface area contributed by atoms with Gasteiger partial charge in [-0.3, -0.25) is 4.79 Å². The molecule has 0 aromatic heterocycles. The minimum atomic E-state index is -0.890. The molecule has 1 aromatic rings. The average molecular weight is 284 g/mol. The quantitative estimate of drug-likeness (QED) is 0.808. The van der Waals surface area contributed by atoms with Crippen LogP contribution in [-0.4, -0.2) is 16.8 Å². The number of ketones is 1. The summed E-state index contributed by atoms with van der Waals surface area (Å²) >= 11 is 1.67. The molecule has 0 spiro atoms. The Morgan fingerprint density at radius 3 is 2.68 bits per heavy atom. The number of thioether (sulfide) groups is 1. The van der Waals surface area contributed by atoms with Crippen molar-refractivity contribution in [1.29, 1.82) is 0 Å². The van der Waals surface area contributed by atoms with E-state index in [-0.39, 0.29) is 17.8 Å². The topological polar surface area (TPSA) is 17.1 Å². The van der Waals surface area contributed by atoms with Crippen molar-refractivity contribution in [1.82, 2.24) is 0 Å². The van der Waals surface area contributed by atoms with Gasteiger partial charge in [0.05, 0.1) is 5.75 Å². The number of hydrogen-bond donors (Lipinski definition) is 0. The van der Waals surface area contributed by atoms with Gasteiger partial charge in [0.1, 0.15) is 5.78 Å². The maximum Gasteiger partial charge on any atom is 0.162 e. The first-order chi connectivity index (χ1) is 9.16. The highest BCUT2D eigenvalue weighted by Gasteiger charge is 2.16. The molecule has 4 heteroatoms. The zero-order valence-electron chi connectivity index (χ0n) is 10.8. The summed E-state index contributed by atoms with van der Waals surface area (Å²) in [6.45, 7) is 0. The Bertz CT molecular complexity index is 442. The standard InChI is InChI=1S/C15H18F2OS/c16-14-8-4-5-11(15(14)17)9-12(18)10-19-13-6-2-1-3-7-13/h4-5,8,13H,1-3,6-7,9-10H2. The third-order valence-corrected chi connectivity index (χ3v) is 4.88. The minimum Gasteiger partial charge on any atom is -0.298 e. The Balaban J connectivity index is 1.82. The summed E-state index contributed by atoms with van der Waals surface area (Å²) in [6.07, 6.45) is 6.11. The molecule has 0 unspecified atom stereocenters. The van der Waals surface area contributed by atoms with Crippen molar-refractivity contribution in [3.63, 3.8) is 0 Å². The van der Waals surface area contributed by atoms with Crippen LogP contribution in [0.25, 0.3) is 0 Å². The van der Waals surface area contributed by atoms with E-state index in [1.807, 2.05) is 0 Å². The zero-order valence-corrected chi connectivity index (χ0v) is 11.6. The number of carbonyl (C=O) groups excluding carboxylic acids is 1. The van der Waals surface area contributed by atoms with Crippen LogP contribution in [-0.2, 0) is 11.2 Å². The first kappa shape index (κ1) is 14.5. The highest BCUT2D eigenvalue weighted by atomic mass is 32.2. The van der Waals surface area contributed by atoms with Gasteiger partial charge in [0.2, 0.25) is 0 Å². The Morgan fingerprint density at radius 2 is 1.95 bits per heavy atom. The third-order valence-electron chi connectivity index (χ3n) is 3.45. The van der Waals surface area contributed by atoms with E-state index in [1.165, 1.54) is 44.2 Å². The van der Waals surface area contributed by atoms with Crippen LogP contribution in [0.3, 0.4) is 0 Å². The molecular weight excluding hydrogens is 266 g/mol. The van der Waals surface area contributed by atoms with Crippen molar-refractivity contribution >= 4 is 17.5 Å². The van der Waals surface area contributed by atoms with E-state index in [0.29, 0.717) is 11.0 Å². The van der Waals surface area contributed by atoms with Crippen molar-refractivity contribution in [3.8, 4) is 0 Å². The fourth-order valence-corrected chi connectivity index (χ4v) is 3.58. The fourth-order valence-electron chi connectivity index (χ4n) is 2.39. The molecule has 0 amide bonds. The molecule has 1 aliphatic rings. The summed E-state index contributed by atoms with van der Waals surface area (Å²) in [5.74, 6) is -1.40. The van der Waals surface area contributed by atoms with Crippen LogP contribution in [0, 0.1) is 11.6 Å².